The highest BCUT2D eigenvalue weighted by atomic mass is 16.5. The number of hydrogen-bond acceptors (Lipinski definition) is 5. The minimum absolute atomic E-state index is 0.00838. The standard InChI is InChI=1S/C23H25N3O3/c1-14-12-20(19-11-10-18(28-4)13-21(19)29-5)26-23(24-14)22(15(2)25-26)16-6-8-17(27-3)9-7-16/h6-11,13,20H,12H2,1-5H3/t20-/m0/s1. The SMILES string of the molecule is COc1ccc(-c2c(C)nn3c2N=C(C)C[C@H]3c2ccc(OC)cc2OC)cc1. The van der Waals surface area contributed by atoms with Crippen LogP contribution in [0.15, 0.2) is 47.5 Å². The van der Waals surface area contributed by atoms with E-state index >= 15 is 0 Å². The zero-order chi connectivity index (χ0) is 20.5. The Hall–Kier alpha value is -3.28. The molecule has 0 fully saturated rings. The van der Waals surface area contributed by atoms with Gasteiger partial charge in [-0.3, -0.25) is 0 Å². The molecule has 2 aromatic carbocycles. The molecule has 6 nitrogen and oxygen atoms in total. The molecular formula is C23H25N3O3. The Bertz CT molecular complexity index is 1070. The first-order valence-corrected chi connectivity index (χ1v) is 9.55. The lowest BCUT2D eigenvalue weighted by atomic mass is 9.98. The van der Waals surface area contributed by atoms with E-state index in [0.29, 0.717) is 0 Å². The topological polar surface area (TPSA) is 57.9 Å². The van der Waals surface area contributed by atoms with Gasteiger partial charge in [0.25, 0.3) is 0 Å². The second kappa shape index (κ2) is 7.62. The van der Waals surface area contributed by atoms with Crippen molar-refractivity contribution in [2.45, 2.75) is 26.3 Å². The van der Waals surface area contributed by atoms with Crippen LogP contribution in [0.1, 0.15) is 30.6 Å². The maximum absolute atomic E-state index is 5.66. The summed E-state index contributed by atoms with van der Waals surface area (Å²) in [5.74, 6) is 3.25. The molecule has 0 saturated carbocycles. The van der Waals surface area contributed by atoms with Crippen LogP contribution >= 0.6 is 0 Å². The predicted molar refractivity (Wildman–Crippen MR) is 114 cm³/mol. The minimum atomic E-state index is 0.00838. The van der Waals surface area contributed by atoms with Crippen molar-refractivity contribution in [2.24, 2.45) is 4.99 Å². The van der Waals surface area contributed by atoms with Crippen LogP contribution in [-0.4, -0.2) is 36.8 Å². The summed E-state index contributed by atoms with van der Waals surface area (Å²) >= 11 is 0. The van der Waals surface area contributed by atoms with E-state index < -0.39 is 0 Å². The van der Waals surface area contributed by atoms with Crippen molar-refractivity contribution in [1.29, 1.82) is 0 Å². The van der Waals surface area contributed by atoms with Crippen molar-refractivity contribution in [1.82, 2.24) is 9.78 Å². The highest BCUT2D eigenvalue weighted by Crippen LogP contribution is 2.43. The second-order valence-electron chi connectivity index (χ2n) is 7.13. The van der Waals surface area contributed by atoms with Crippen LogP contribution in [0.25, 0.3) is 11.1 Å². The fourth-order valence-electron chi connectivity index (χ4n) is 3.88. The molecule has 150 valence electrons. The fraction of sp³-hybridized carbons (Fsp3) is 0.304. The number of aryl methyl sites for hydroxylation is 1. The summed E-state index contributed by atoms with van der Waals surface area (Å²) in [6, 6.07) is 13.9. The molecule has 0 bridgehead atoms. The molecule has 0 N–H and O–H groups in total. The van der Waals surface area contributed by atoms with E-state index in [0.717, 1.165) is 57.6 Å². The van der Waals surface area contributed by atoms with Crippen molar-refractivity contribution >= 4 is 11.5 Å². The fourth-order valence-corrected chi connectivity index (χ4v) is 3.88. The first-order chi connectivity index (χ1) is 14.0. The third-order valence-corrected chi connectivity index (χ3v) is 5.32. The Morgan fingerprint density at radius 1 is 0.897 bits per heavy atom. The highest BCUT2D eigenvalue weighted by Gasteiger charge is 2.29. The van der Waals surface area contributed by atoms with Gasteiger partial charge in [0.05, 0.1) is 33.1 Å². The zero-order valence-electron chi connectivity index (χ0n) is 17.4. The number of nitrogens with zero attached hydrogens (tertiary/aromatic N) is 3. The number of fused-ring (bicyclic) bond motifs is 1. The van der Waals surface area contributed by atoms with E-state index in [2.05, 4.69) is 13.0 Å². The van der Waals surface area contributed by atoms with Crippen molar-refractivity contribution < 1.29 is 14.2 Å². The average molecular weight is 391 g/mol. The number of hydrogen-bond donors (Lipinski definition) is 0. The average Bonchev–Trinajstić information content (AvgIpc) is 3.08. The van der Waals surface area contributed by atoms with Crippen LogP contribution in [0, 0.1) is 6.92 Å². The van der Waals surface area contributed by atoms with Gasteiger partial charge in [0.1, 0.15) is 17.2 Å². The summed E-state index contributed by atoms with van der Waals surface area (Å²) in [4.78, 5) is 4.87. The Morgan fingerprint density at radius 2 is 1.59 bits per heavy atom. The van der Waals surface area contributed by atoms with Crippen LogP contribution < -0.4 is 14.2 Å². The van der Waals surface area contributed by atoms with E-state index in [1.807, 2.05) is 48.0 Å². The maximum Gasteiger partial charge on any atom is 0.159 e. The molecule has 0 aliphatic carbocycles. The van der Waals surface area contributed by atoms with Crippen molar-refractivity contribution in [2.75, 3.05) is 21.3 Å². The number of ether oxygens (including phenoxy) is 3. The summed E-state index contributed by atoms with van der Waals surface area (Å²) in [7, 11) is 5.00. The van der Waals surface area contributed by atoms with Gasteiger partial charge in [0, 0.05) is 29.3 Å². The molecular weight excluding hydrogens is 366 g/mol. The van der Waals surface area contributed by atoms with Gasteiger partial charge in [-0.15, -0.1) is 0 Å². The third-order valence-electron chi connectivity index (χ3n) is 5.32. The zero-order valence-corrected chi connectivity index (χ0v) is 17.4. The molecule has 1 aliphatic heterocycles. The molecule has 0 radical (unpaired) electrons. The van der Waals surface area contributed by atoms with Crippen LogP contribution in [0.3, 0.4) is 0 Å². The van der Waals surface area contributed by atoms with Gasteiger partial charge in [0.15, 0.2) is 5.82 Å². The molecule has 4 rings (SSSR count). The summed E-state index contributed by atoms with van der Waals surface area (Å²) in [5.41, 5.74) is 5.19. The molecule has 0 spiro atoms. The van der Waals surface area contributed by atoms with Gasteiger partial charge in [0.2, 0.25) is 0 Å². The highest BCUT2D eigenvalue weighted by molar-refractivity contribution is 5.90. The summed E-state index contributed by atoms with van der Waals surface area (Å²) in [6.45, 7) is 4.09. The first-order valence-electron chi connectivity index (χ1n) is 9.55. The lowest BCUT2D eigenvalue weighted by Gasteiger charge is -2.25. The Balaban J connectivity index is 1.85. The predicted octanol–water partition coefficient (Wildman–Crippen LogP) is 4.97. The normalized spacial score (nSPS) is 15.5. The quantitative estimate of drug-likeness (QED) is 0.616. The molecule has 0 unspecified atom stereocenters. The smallest absolute Gasteiger partial charge is 0.159 e. The van der Waals surface area contributed by atoms with E-state index in [4.69, 9.17) is 24.3 Å². The van der Waals surface area contributed by atoms with Crippen LogP contribution in [0.4, 0.5) is 5.82 Å². The third kappa shape index (κ3) is 3.35. The molecule has 0 saturated heterocycles. The maximum atomic E-state index is 5.66. The summed E-state index contributed by atoms with van der Waals surface area (Å²) < 4.78 is 18.3. The molecule has 0 amide bonds. The van der Waals surface area contributed by atoms with Crippen LogP contribution in [0.5, 0.6) is 17.2 Å². The molecule has 1 atom stereocenters. The van der Waals surface area contributed by atoms with Gasteiger partial charge >= 0.3 is 0 Å². The summed E-state index contributed by atoms with van der Waals surface area (Å²) in [6.07, 6.45) is 0.777. The van der Waals surface area contributed by atoms with Gasteiger partial charge < -0.3 is 14.2 Å². The number of benzene rings is 2. The van der Waals surface area contributed by atoms with E-state index in [1.165, 1.54) is 0 Å². The molecule has 29 heavy (non-hydrogen) atoms. The Kier molecular flexibility index (Phi) is 5.01. The van der Waals surface area contributed by atoms with E-state index in [1.54, 1.807) is 21.3 Å². The van der Waals surface area contributed by atoms with Gasteiger partial charge in [-0.2, -0.15) is 5.10 Å². The van der Waals surface area contributed by atoms with Crippen LogP contribution in [0.2, 0.25) is 0 Å². The number of methoxy groups -OCH3 is 3. The molecule has 1 aliphatic rings. The molecule has 6 heteroatoms. The molecule has 1 aromatic heterocycles. The van der Waals surface area contributed by atoms with Gasteiger partial charge in [-0.05, 0) is 43.7 Å². The lowest BCUT2D eigenvalue weighted by molar-refractivity contribution is 0.383. The second-order valence-corrected chi connectivity index (χ2v) is 7.13. The largest absolute Gasteiger partial charge is 0.497 e. The minimum Gasteiger partial charge on any atom is -0.497 e. The Labute approximate surface area is 170 Å². The van der Waals surface area contributed by atoms with Crippen molar-refractivity contribution in [3.05, 3.63) is 53.7 Å². The first kappa shape index (κ1) is 19.1. The monoisotopic (exact) mass is 391 g/mol. The van der Waals surface area contributed by atoms with E-state index in [9.17, 15) is 0 Å². The molecule has 3 aromatic rings. The molecule has 2 heterocycles. The number of aliphatic imine (C=N–C) groups is 1. The van der Waals surface area contributed by atoms with Gasteiger partial charge in [-0.25, -0.2) is 9.67 Å². The van der Waals surface area contributed by atoms with Crippen molar-refractivity contribution in [3.8, 4) is 28.4 Å². The van der Waals surface area contributed by atoms with Crippen LogP contribution in [-0.2, 0) is 0 Å². The lowest BCUT2D eigenvalue weighted by Crippen LogP contribution is -2.19. The summed E-state index contributed by atoms with van der Waals surface area (Å²) in [5, 5.41) is 4.87. The number of aromatic nitrogens is 2. The van der Waals surface area contributed by atoms with Gasteiger partial charge in [-0.1, -0.05) is 12.1 Å². The van der Waals surface area contributed by atoms with Crippen molar-refractivity contribution in [3.63, 3.8) is 0 Å². The Morgan fingerprint density at radius 3 is 2.24 bits per heavy atom. The number of rotatable bonds is 5. The van der Waals surface area contributed by atoms with E-state index in [-0.39, 0.29) is 6.04 Å².